The van der Waals surface area contributed by atoms with E-state index in [1.54, 1.807) is 6.26 Å². The van der Waals surface area contributed by atoms with Crippen LogP contribution < -0.4 is 5.32 Å². The molecule has 3 heteroatoms. The fraction of sp³-hybridized carbons (Fsp3) is 0.556. The Hall–Kier alpha value is -0.410. The maximum absolute atomic E-state index is 5.34. The summed E-state index contributed by atoms with van der Waals surface area (Å²) < 4.78 is 5.34. The summed E-state index contributed by atoms with van der Waals surface area (Å²) in [5.74, 6) is 2.27. The largest absolute Gasteiger partial charge is 0.467 e. The van der Waals surface area contributed by atoms with Gasteiger partial charge in [-0.25, -0.2) is 0 Å². The van der Waals surface area contributed by atoms with E-state index in [4.69, 9.17) is 4.42 Å². The quantitative estimate of drug-likeness (QED) is 0.723. The van der Waals surface area contributed by atoms with Crippen molar-refractivity contribution < 1.29 is 4.42 Å². The number of rotatable bonds is 1. The van der Waals surface area contributed by atoms with Crippen LogP contribution in [0.5, 0.6) is 0 Å². The first-order valence-corrected chi connectivity index (χ1v) is 5.32. The SMILES string of the molecule is CC1CCSC(c2ccco2)N1. The maximum Gasteiger partial charge on any atom is 0.130 e. The van der Waals surface area contributed by atoms with E-state index in [2.05, 4.69) is 12.2 Å². The van der Waals surface area contributed by atoms with Crippen molar-refractivity contribution in [1.29, 1.82) is 0 Å². The molecule has 2 nitrogen and oxygen atoms in total. The van der Waals surface area contributed by atoms with Crippen LogP contribution in [0.2, 0.25) is 0 Å². The van der Waals surface area contributed by atoms with E-state index >= 15 is 0 Å². The summed E-state index contributed by atoms with van der Waals surface area (Å²) in [4.78, 5) is 0. The zero-order valence-corrected chi connectivity index (χ0v) is 7.93. The van der Waals surface area contributed by atoms with Crippen LogP contribution >= 0.6 is 11.8 Å². The van der Waals surface area contributed by atoms with Crippen molar-refractivity contribution in [2.45, 2.75) is 24.8 Å². The van der Waals surface area contributed by atoms with Gasteiger partial charge in [-0.2, -0.15) is 0 Å². The molecule has 1 aliphatic rings. The van der Waals surface area contributed by atoms with Gasteiger partial charge in [0.05, 0.1) is 6.26 Å². The van der Waals surface area contributed by atoms with Crippen LogP contribution in [0.15, 0.2) is 22.8 Å². The fourth-order valence-electron chi connectivity index (χ4n) is 1.36. The van der Waals surface area contributed by atoms with Crippen LogP contribution in [0.1, 0.15) is 24.5 Å². The second-order valence-corrected chi connectivity index (χ2v) is 4.34. The standard InChI is InChI=1S/C9H13NOS/c1-7-4-6-12-9(10-7)8-3-2-5-11-8/h2-3,5,7,9-10H,4,6H2,1H3. The van der Waals surface area contributed by atoms with E-state index < -0.39 is 0 Å². The molecule has 1 saturated heterocycles. The first-order valence-electron chi connectivity index (χ1n) is 4.27. The lowest BCUT2D eigenvalue weighted by Crippen LogP contribution is -2.33. The Morgan fingerprint density at radius 2 is 2.58 bits per heavy atom. The second kappa shape index (κ2) is 3.54. The second-order valence-electron chi connectivity index (χ2n) is 3.12. The minimum Gasteiger partial charge on any atom is -0.467 e. The zero-order valence-electron chi connectivity index (χ0n) is 7.12. The topological polar surface area (TPSA) is 25.2 Å². The number of hydrogen-bond acceptors (Lipinski definition) is 3. The Balaban J connectivity index is 2.04. The van der Waals surface area contributed by atoms with Crippen molar-refractivity contribution in [2.75, 3.05) is 5.75 Å². The van der Waals surface area contributed by atoms with Crippen molar-refractivity contribution in [3.8, 4) is 0 Å². The molecule has 0 bridgehead atoms. The van der Waals surface area contributed by atoms with Crippen molar-refractivity contribution in [3.63, 3.8) is 0 Å². The van der Waals surface area contributed by atoms with Crippen molar-refractivity contribution >= 4 is 11.8 Å². The molecule has 12 heavy (non-hydrogen) atoms. The van der Waals surface area contributed by atoms with Gasteiger partial charge >= 0.3 is 0 Å². The molecule has 0 spiro atoms. The molecular weight excluding hydrogens is 170 g/mol. The molecule has 0 amide bonds. The molecule has 2 unspecified atom stereocenters. The molecule has 66 valence electrons. The lowest BCUT2D eigenvalue weighted by Gasteiger charge is -2.26. The van der Waals surface area contributed by atoms with E-state index in [1.165, 1.54) is 12.2 Å². The molecule has 1 aromatic heterocycles. The summed E-state index contributed by atoms with van der Waals surface area (Å²) in [6.07, 6.45) is 2.98. The minimum atomic E-state index is 0.365. The monoisotopic (exact) mass is 183 g/mol. The minimum absolute atomic E-state index is 0.365. The molecule has 0 saturated carbocycles. The summed E-state index contributed by atoms with van der Waals surface area (Å²) in [6.45, 7) is 2.22. The number of thioether (sulfide) groups is 1. The predicted octanol–water partition coefficient (Wildman–Crippen LogP) is 2.39. The molecule has 1 aliphatic heterocycles. The third kappa shape index (κ3) is 1.67. The van der Waals surface area contributed by atoms with Gasteiger partial charge in [-0.05, 0) is 31.2 Å². The summed E-state index contributed by atoms with van der Waals surface area (Å²) in [5.41, 5.74) is 0. The molecule has 1 N–H and O–H groups in total. The summed E-state index contributed by atoms with van der Waals surface area (Å²) in [7, 11) is 0. The Kier molecular flexibility index (Phi) is 2.42. The van der Waals surface area contributed by atoms with Crippen molar-refractivity contribution in [3.05, 3.63) is 24.2 Å². The normalized spacial score (nSPS) is 30.4. The average molecular weight is 183 g/mol. The van der Waals surface area contributed by atoms with Crippen LogP contribution in [-0.2, 0) is 0 Å². The van der Waals surface area contributed by atoms with Gasteiger partial charge in [-0.1, -0.05) is 0 Å². The van der Waals surface area contributed by atoms with E-state index in [-0.39, 0.29) is 0 Å². The Labute approximate surface area is 76.7 Å². The number of furan rings is 1. The van der Waals surface area contributed by atoms with Gasteiger partial charge in [-0.15, -0.1) is 11.8 Å². The van der Waals surface area contributed by atoms with Crippen LogP contribution in [0.25, 0.3) is 0 Å². The lowest BCUT2D eigenvalue weighted by molar-refractivity contribution is 0.434. The molecule has 1 fully saturated rings. The van der Waals surface area contributed by atoms with Crippen LogP contribution in [0.3, 0.4) is 0 Å². The lowest BCUT2D eigenvalue weighted by atomic mass is 10.2. The highest BCUT2D eigenvalue weighted by Crippen LogP contribution is 2.31. The maximum atomic E-state index is 5.34. The predicted molar refractivity (Wildman–Crippen MR) is 51.1 cm³/mol. The van der Waals surface area contributed by atoms with E-state index in [1.807, 2.05) is 23.9 Å². The zero-order chi connectivity index (χ0) is 8.39. The van der Waals surface area contributed by atoms with Crippen LogP contribution in [0, 0.1) is 0 Å². The Bertz CT molecular complexity index is 235. The molecule has 0 aromatic carbocycles. The molecular formula is C9H13NOS. The van der Waals surface area contributed by atoms with Gasteiger partial charge < -0.3 is 4.42 Å². The van der Waals surface area contributed by atoms with Gasteiger partial charge in [-0.3, -0.25) is 5.32 Å². The Morgan fingerprint density at radius 3 is 3.25 bits per heavy atom. The summed E-state index contributed by atoms with van der Waals surface area (Å²) >= 11 is 1.92. The van der Waals surface area contributed by atoms with Gasteiger partial charge in [0.25, 0.3) is 0 Å². The van der Waals surface area contributed by atoms with Crippen LogP contribution in [-0.4, -0.2) is 11.8 Å². The van der Waals surface area contributed by atoms with Crippen molar-refractivity contribution in [1.82, 2.24) is 5.32 Å². The fourth-order valence-corrected chi connectivity index (χ4v) is 2.71. The highest BCUT2D eigenvalue weighted by Gasteiger charge is 2.21. The smallest absolute Gasteiger partial charge is 0.130 e. The van der Waals surface area contributed by atoms with Crippen LogP contribution in [0.4, 0.5) is 0 Å². The average Bonchev–Trinajstić information content (AvgIpc) is 2.56. The number of hydrogen-bond donors (Lipinski definition) is 1. The highest BCUT2D eigenvalue weighted by molar-refractivity contribution is 7.99. The molecule has 0 radical (unpaired) electrons. The molecule has 2 atom stereocenters. The molecule has 1 aromatic rings. The van der Waals surface area contributed by atoms with E-state index in [0.717, 1.165) is 5.76 Å². The van der Waals surface area contributed by atoms with Gasteiger partial charge in [0.2, 0.25) is 0 Å². The van der Waals surface area contributed by atoms with Crippen molar-refractivity contribution in [2.24, 2.45) is 0 Å². The number of nitrogens with one attached hydrogen (secondary N) is 1. The molecule has 2 heterocycles. The van der Waals surface area contributed by atoms with Gasteiger partial charge in [0, 0.05) is 6.04 Å². The summed E-state index contributed by atoms with van der Waals surface area (Å²) in [5, 5.41) is 3.85. The Morgan fingerprint density at radius 1 is 1.67 bits per heavy atom. The van der Waals surface area contributed by atoms with Gasteiger partial charge in [0.1, 0.15) is 11.1 Å². The van der Waals surface area contributed by atoms with E-state index in [0.29, 0.717) is 11.4 Å². The first kappa shape index (κ1) is 8.20. The molecule has 0 aliphatic carbocycles. The first-order chi connectivity index (χ1) is 5.86. The molecule has 2 rings (SSSR count). The summed E-state index contributed by atoms with van der Waals surface area (Å²) in [6, 6.07) is 4.58. The highest BCUT2D eigenvalue weighted by atomic mass is 32.2. The van der Waals surface area contributed by atoms with Gasteiger partial charge in [0.15, 0.2) is 0 Å². The third-order valence-electron chi connectivity index (χ3n) is 2.07. The third-order valence-corrected chi connectivity index (χ3v) is 3.25. The van der Waals surface area contributed by atoms with E-state index in [9.17, 15) is 0 Å².